The maximum absolute atomic E-state index is 14.2. The summed E-state index contributed by atoms with van der Waals surface area (Å²) in [6.45, 7) is 5.22. The number of halogens is 1. The van der Waals surface area contributed by atoms with E-state index in [-0.39, 0.29) is 29.0 Å². The Morgan fingerprint density at radius 2 is 1.76 bits per heavy atom. The number of anilines is 1. The van der Waals surface area contributed by atoms with Crippen LogP contribution in [0.2, 0.25) is 0 Å². The normalized spacial score (nSPS) is 20.6. The number of nitriles is 1. The van der Waals surface area contributed by atoms with Crippen molar-refractivity contribution in [2.24, 2.45) is 11.3 Å². The largest absolute Gasteiger partial charge is 0.370 e. The molecule has 0 N–H and O–H groups in total. The summed E-state index contributed by atoms with van der Waals surface area (Å²) >= 11 is 0. The van der Waals surface area contributed by atoms with Gasteiger partial charge in [0.25, 0.3) is 5.91 Å². The lowest BCUT2D eigenvalue weighted by Gasteiger charge is -2.39. The Labute approximate surface area is 192 Å². The van der Waals surface area contributed by atoms with E-state index in [1.165, 1.54) is 12.1 Å². The van der Waals surface area contributed by atoms with Gasteiger partial charge in [0.1, 0.15) is 5.82 Å². The van der Waals surface area contributed by atoms with Gasteiger partial charge in [-0.1, -0.05) is 0 Å². The van der Waals surface area contributed by atoms with E-state index in [9.17, 15) is 19.2 Å². The topological polar surface area (TPSA) is 80.5 Å². The minimum absolute atomic E-state index is 0.143. The summed E-state index contributed by atoms with van der Waals surface area (Å²) in [5, 5.41) is 10.1. The highest BCUT2D eigenvalue weighted by Crippen LogP contribution is 2.37. The molecule has 3 aliphatic rings. The van der Waals surface area contributed by atoms with Crippen LogP contribution in [0.3, 0.4) is 0 Å². The van der Waals surface area contributed by atoms with Gasteiger partial charge in [0, 0.05) is 56.8 Å². The zero-order valence-corrected chi connectivity index (χ0v) is 18.9. The van der Waals surface area contributed by atoms with Gasteiger partial charge in [-0.2, -0.15) is 5.26 Å². The van der Waals surface area contributed by atoms with E-state index in [0.717, 1.165) is 12.8 Å². The minimum atomic E-state index is -0.390. The van der Waals surface area contributed by atoms with Crippen molar-refractivity contribution in [3.8, 4) is 6.07 Å². The van der Waals surface area contributed by atoms with Gasteiger partial charge in [0.15, 0.2) is 0 Å². The number of rotatable bonds is 3. The smallest absolute Gasteiger partial charge is 0.257 e. The Bertz CT molecular complexity index is 1140. The molecule has 1 saturated carbocycles. The number of amides is 2. The van der Waals surface area contributed by atoms with E-state index < -0.39 is 0 Å². The molecule has 3 heterocycles. The highest BCUT2D eigenvalue weighted by atomic mass is 19.1. The first kappa shape index (κ1) is 21.6. The molecule has 1 aliphatic carbocycles. The lowest BCUT2D eigenvalue weighted by atomic mass is 9.81. The van der Waals surface area contributed by atoms with Crippen LogP contribution in [0.5, 0.6) is 0 Å². The summed E-state index contributed by atoms with van der Waals surface area (Å²) in [6.07, 6.45) is 4.90. The predicted molar refractivity (Wildman–Crippen MR) is 122 cm³/mol. The lowest BCUT2D eigenvalue weighted by molar-refractivity contribution is -0.134. The first-order valence-electron chi connectivity index (χ1n) is 11.7. The zero-order valence-electron chi connectivity index (χ0n) is 18.9. The van der Waals surface area contributed by atoms with Crippen LogP contribution in [0.25, 0.3) is 10.9 Å². The number of hydrogen-bond acceptors (Lipinski definition) is 5. The highest BCUT2D eigenvalue weighted by molar-refractivity contribution is 6.07. The van der Waals surface area contributed by atoms with Crippen LogP contribution < -0.4 is 4.90 Å². The van der Waals surface area contributed by atoms with Gasteiger partial charge < -0.3 is 14.7 Å². The van der Waals surface area contributed by atoms with Crippen molar-refractivity contribution in [1.29, 1.82) is 5.26 Å². The van der Waals surface area contributed by atoms with Gasteiger partial charge in [-0.05, 0) is 50.8 Å². The molecule has 1 aromatic carbocycles. The Hall–Kier alpha value is -3.21. The summed E-state index contributed by atoms with van der Waals surface area (Å²) in [6, 6.07) is 6.86. The van der Waals surface area contributed by atoms with E-state index in [0.29, 0.717) is 74.3 Å². The molecule has 1 aromatic heterocycles. The lowest BCUT2D eigenvalue weighted by Crippen LogP contribution is -2.51. The van der Waals surface area contributed by atoms with Crippen molar-refractivity contribution in [2.45, 2.75) is 32.6 Å². The van der Waals surface area contributed by atoms with E-state index in [2.05, 4.69) is 16.0 Å². The number of piperazine rings is 1. The zero-order chi connectivity index (χ0) is 23.2. The molecule has 0 bridgehead atoms. The fourth-order valence-electron chi connectivity index (χ4n) is 4.87. The number of hydrogen-bond donors (Lipinski definition) is 0. The molecule has 2 saturated heterocycles. The van der Waals surface area contributed by atoms with Gasteiger partial charge in [-0.3, -0.25) is 14.6 Å². The Morgan fingerprint density at radius 1 is 1.09 bits per heavy atom. The molecule has 0 atom stereocenters. The second-order valence-electron chi connectivity index (χ2n) is 9.73. The summed E-state index contributed by atoms with van der Waals surface area (Å²) in [7, 11) is 0. The van der Waals surface area contributed by atoms with Gasteiger partial charge >= 0.3 is 0 Å². The summed E-state index contributed by atoms with van der Waals surface area (Å²) in [5.74, 6) is -0.131. The molecule has 172 valence electrons. The van der Waals surface area contributed by atoms with Crippen LogP contribution in [0.4, 0.5) is 10.1 Å². The van der Waals surface area contributed by atoms with E-state index in [4.69, 9.17) is 0 Å². The van der Waals surface area contributed by atoms with Crippen molar-refractivity contribution in [2.75, 3.05) is 44.2 Å². The van der Waals surface area contributed by atoms with Crippen LogP contribution in [-0.4, -0.2) is 65.9 Å². The van der Waals surface area contributed by atoms with Crippen molar-refractivity contribution < 1.29 is 14.0 Å². The number of carbonyl (C=O) groups excluding carboxylic acids is 2. The maximum atomic E-state index is 14.2. The highest BCUT2D eigenvalue weighted by Gasteiger charge is 2.36. The Morgan fingerprint density at radius 3 is 2.39 bits per heavy atom. The molecule has 5 rings (SSSR count). The average Bonchev–Trinajstić information content (AvgIpc) is 3.69. The fraction of sp³-hybridized carbons (Fsp3) is 0.520. The average molecular weight is 450 g/mol. The van der Waals surface area contributed by atoms with Gasteiger partial charge in [0.05, 0.1) is 28.3 Å². The molecule has 0 radical (unpaired) electrons. The van der Waals surface area contributed by atoms with Crippen molar-refractivity contribution in [3.05, 3.63) is 35.8 Å². The van der Waals surface area contributed by atoms with Gasteiger partial charge in [0.2, 0.25) is 5.91 Å². The molecule has 33 heavy (non-hydrogen) atoms. The fourth-order valence-corrected chi connectivity index (χ4v) is 4.87. The molecular weight excluding hydrogens is 421 g/mol. The van der Waals surface area contributed by atoms with Crippen molar-refractivity contribution in [3.63, 3.8) is 0 Å². The number of carbonyl (C=O) groups is 2. The number of benzene rings is 1. The summed E-state index contributed by atoms with van der Waals surface area (Å²) < 4.78 is 14.2. The second-order valence-corrected chi connectivity index (χ2v) is 9.73. The monoisotopic (exact) mass is 449 g/mol. The maximum Gasteiger partial charge on any atom is 0.257 e. The molecule has 0 unspecified atom stereocenters. The Kier molecular flexibility index (Phi) is 5.43. The molecular formula is C25H28FN5O2. The van der Waals surface area contributed by atoms with E-state index in [1.54, 1.807) is 17.2 Å². The van der Waals surface area contributed by atoms with Gasteiger partial charge in [-0.25, -0.2) is 4.39 Å². The second kappa shape index (κ2) is 8.29. The van der Waals surface area contributed by atoms with Crippen LogP contribution in [0.15, 0.2) is 24.4 Å². The van der Waals surface area contributed by atoms with Gasteiger partial charge in [-0.15, -0.1) is 0 Å². The molecule has 7 nitrogen and oxygen atoms in total. The van der Waals surface area contributed by atoms with Crippen molar-refractivity contribution in [1.82, 2.24) is 14.8 Å². The number of fused-ring (bicyclic) bond motifs is 1. The summed E-state index contributed by atoms with van der Waals surface area (Å²) in [4.78, 5) is 36.2. The third kappa shape index (κ3) is 4.12. The quantitative estimate of drug-likeness (QED) is 0.719. The number of aromatic nitrogens is 1. The SMILES string of the molecule is CC1(C#N)CCN(c2c(C(=O)N3CCN(C(=O)C4CC4)CC3)cnc3ccc(F)cc23)CC1. The molecule has 0 spiro atoms. The minimum Gasteiger partial charge on any atom is -0.370 e. The number of piperidine rings is 1. The van der Waals surface area contributed by atoms with Crippen LogP contribution in [0, 0.1) is 28.5 Å². The third-order valence-electron chi connectivity index (χ3n) is 7.29. The van der Waals surface area contributed by atoms with Crippen molar-refractivity contribution >= 4 is 28.4 Å². The first-order chi connectivity index (χ1) is 15.9. The van der Waals surface area contributed by atoms with E-state index in [1.807, 2.05) is 11.8 Å². The first-order valence-corrected chi connectivity index (χ1v) is 11.7. The number of pyridine rings is 1. The Balaban J connectivity index is 1.44. The van der Waals surface area contributed by atoms with Crippen LogP contribution >= 0.6 is 0 Å². The predicted octanol–water partition coefficient (Wildman–Crippen LogP) is 3.20. The van der Waals surface area contributed by atoms with Crippen LogP contribution in [0.1, 0.15) is 43.0 Å². The molecule has 8 heteroatoms. The number of nitrogens with zero attached hydrogens (tertiary/aromatic N) is 5. The van der Waals surface area contributed by atoms with Crippen LogP contribution in [-0.2, 0) is 4.79 Å². The molecule has 3 fully saturated rings. The third-order valence-corrected chi connectivity index (χ3v) is 7.29. The summed E-state index contributed by atoms with van der Waals surface area (Å²) in [5.41, 5.74) is 1.40. The molecule has 2 aliphatic heterocycles. The molecule has 2 amide bonds. The van der Waals surface area contributed by atoms with E-state index >= 15 is 0 Å². The molecule has 2 aromatic rings. The standard InChI is InChI=1S/C25H28FN5O2/c1-25(16-27)6-8-29(9-7-25)22-19-14-18(26)4-5-21(19)28-15-20(22)24(33)31-12-10-30(11-13-31)23(32)17-2-3-17/h4-5,14-15,17H,2-3,6-13H2,1H3.